The summed E-state index contributed by atoms with van der Waals surface area (Å²) >= 11 is 0. The zero-order valence-electron chi connectivity index (χ0n) is 5.78. The second-order valence-electron chi connectivity index (χ2n) is 1.51. The van der Waals surface area contributed by atoms with Crippen molar-refractivity contribution in [2.75, 3.05) is 6.61 Å². The minimum Gasteiger partial charge on any atom is -0.263 e. The molecule has 0 aromatic carbocycles. The van der Waals surface area contributed by atoms with Gasteiger partial charge in [-0.25, -0.2) is 0 Å². The second kappa shape index (κ2) is 4.24. The fraction of sp³-hybridized carbons (Fsp3) is 0.333. The van der Waals surface area contributed by atoms with Gasteiger partial charge in [-0.1, -0.05) is 18.7 Å². The van der Waals surface area contributed by atoms with Crippen molar-refractivity contribution < 1.29 is 12.6 Å². The van der Waals surface area contributed by atoms with Crippen molar-refractivity contribution in [3.63, 3.8) is 0 Å². The molecule has 58 valence electrons. The molecule has 0 aliphatic carbocycles. The van der Waals surface area contributed by atoms with Gasteiger partial charge in [0.1, 0.15) is 0 Å². The molecule has 4 heteroatoms. The highest BCUT2D eigenvalue weighted by Gasteiger charge is 2.00. The van der Waals surface area contributed by atoms with Gasteiger partial charge in [-0.3, -0.25) is 4.18 Å². The lowest BCUT2D eigenvalue weighted by Crippen LogP contribution is -2.00. The van der Waals surface area contributed by atoms with E-state index >= 15 is 0 Å². The van der Waals surface area contributed by atoms with Crippen LogP contribution >= 0.6 is 0 Å². The monoisotopic (exact) mass is 162 g/mol. The van der Waals surface area contributed by atoms with Crippen LogP contribution in [0.5, 0.6) is 0 Å². The van der Waals surface area contributed by atoms with E-state index in [4.69, 9.17) is 0 Å². The number of allylic oxidation sites excluding steroid dienone is 1. The Kier molecular flexibility index (Phi) is 3.99. The minimum atomic E-state index is -3.48. The maximum Gasteiger partial charge on any atom is 0.289 e. The molecule has 0 saturated carbocycles. The van der Waals surface area contributed by atoms with Crippen LogP contribution in [0.1, 0.15) is 6.92 Å². The first kappa shape index (κ1) is 9.39. The van der Waals surface area contributed by atoms with Crippen molar-refractivity contribution >= 4 is 10.1 Å². The molecule has 0 spiro atoms. The van der Waals surface area contributed by atoms with E-state index in [-0.39, 0.29) is 6.61 Å². The zero-order valence-corrected chi connectivity index (χ0v) is 6.60. The molecule has 0 heterocycles. The topological polar surface area (TPSA) is 43.4 Å². The average molecular weight is 162 g/mol. The summed E-state index contributed by atoms with van der Waals surface area (Å²) < 4.78 is 25.4. The van der Waals surface area contributed by atoms with Crippen molar-refractivity contribution in [2.45, 2.75) is 6.92 Å². The maximum absolute atomic E-state index is 10.5. The van der Waals surface area contributed by atoms with E-state index in [0.717, 1.165) is 5.41 Å². The van der Waals surface area contributed by atoms with Crippen LogP contribution in [0.4, 0.5) is 0 Å². The summed E-state index contributed by atoms with van der Waals surface area (Å²) in [5.74, 6) is 0. The molecule has 0 aromatic rings. The Hall–Kier alpha value is -0.610. The smallest absolute Gasteiger partial charge is 0.263 e. The average Bonchev–Trinajstić information content (AvgIpc) is 1.89. The molecule has 0 fully saturated rings. The van der Waals surface area contributed by atoms with E-state index in [2.05, 4.69) is 10.8 Å². The molecule has 0 N–H and O–H groups in total. The SMILES string of the molecule is C=CS(=O)(=O)OCC=CC. The number of hydrogen-bond acceptors (Lipinski definition) is 3. The van der Waals surface area contributed by atoms with Crippen molar-refractivity contribution in [3.05, 3.63) is 24.1 Å². The first-order valence-electron chi connectivity index (χ1n) is 2.75. The number of hydrogen-bond donors (Lipinski definition) is 0. The van der Waals surface area contributed by atoms with Crippen LogP contribution < -0.4 is 0 Å². The fourth-order valence-electron chi connectivity index (χ4n) is 0.278. The van der Waals surface area contributed by atoms with Crippen LogP contribution in [0.25, 0.3) is 0 Å². The normalized spacial score (nSPS) is 12.1. The predicted octanol–water partition coefficient (Wildman–Crippen LogP) is 1.05. The van der Waals surface area contributed by atoms with Crippen molar-refractivity contribution in [2.24, 2.45) is 0 Å². The highest BCUT2D eigenvalue weighted by molar-refractivity contribution is 7.89. The third-order valence-corrected chi connectivity index (χ3v) is 1.64. The van der Waals surface area contributed by atoms with Gasteiger partial charge in [-0.15, -0.1) is 0 Å². The lowest BCUT2D eigenvalue weighted by Gasteiger charge is -1.94. The molecule has 10 heavy (non-hydrogen) atoms. The van der Waals surface area contributed by atoms with Crippen LogP contribution in [-0.4, -0.2) is 15.0 Å². The molecule has 0 amide bonds. The molecule has 0 bridgehead atoms. The van der Waals surface area contributed by atoms with Gasteiger partial charge in [0, 0.05) is 0 Å². The molecule has 0 unspecified atom stereocenters. The fourth-order valence-corrected chi connectivity index (χ4v) is 0.643. The van der Waals surface area contributed by atoms with Crippen molar-refractivity contribution in [1.82, 2.24) is 0 Å². The summed E-state index contributed by atoms with van der Waals surface area (Å²) in [6, 6.07) is 0. The summed E-state index contributed by atoms with van der Waals surface area (Å²) in [5.41, 5.74) is 0. The van der Waals surface area contributed by atoms with Gasteiger partial charge < -0.3 is 0 Å². The van der Waals surface area contributed by atoms with Crippen LogP contribution in [0.2, 0.25) is 0 Å². The van der Waals surface area contributed by atoms with Crippen molar-refractivity contribution in [1.29, 1.82) is 0 Å². The molecule has 3 nitrogen and oxygen atoms in total. The Morgan fingerprint density at radius 3 is 2.60 bits per heavy atom. The molecular weight excluding hydrogens is 152 g/mol. The summed E-state index contributed by atoms with van der Waals surface area (Å²) in [6.07, 6.45) is 3.31. The van der Waals surface area contributed by atoms with Gasteiger partial charge in [0.2, 0.25) is 0 Å². The van der Waals surface area contributed by atoms with E-state index in [9.17, 15) is 8.42 Å². The van der Waals surface area contributed by atoms with E-state index in [0.29, 0.717) is 0 Å². The third-order valence-electron chi connectivity index (χ3n) is 0.768. The maximum atomic E-state index is 10.5. The minimum absolute atomic E-state index is 0.0743. The Balaban J connectivity index is 3.81. The van der Waals surface area contributed by atoms with Gasteiger partial charge in [0.15, 0.2) is 0 Å². The summed E-state index contributed by atoms with van der Waals surface area (Å²) in [4.78, 5) is 0. The lowest BCUT2D eigenvalue weighted by molar-refractivity contribution is 0.364. The molecule has 0 rings (SSSR count). The highest BCUT2D eigenvalue weighted by Crippen LogP contribution is 1.92. The van der Waals surface area contributed by atoms with Gasteiger partial charge in [0.05, 0.1) is 12.0 Å². The van der Waals surface area contributed by atoms with Crippen LogP contribution in [0, 0.1) is 0 Å². The zero-order chi connectivity index (χ0) is 8.04. The predicted molar refractivity (Wildman–Crippen MR) is 39.9 cm³/mol. The second-order valence-corrected chi connectivity index (χ2v) is 3.07. The lowest BCUT2D eigenvalue weighted by atomic mass is 10.6. The van der Waals surface area contributed by atoms with Crippen LogP contribution in [0.15, 0.2) is 24.1 Å². The first-order chi connectivity index (χ1) is 4.62. The first-order valence-corrected chi connectivity index (χ1v) is 4.22. The summed E-state index contributed by atoms with van der Waals surface area (Å²) in [6.45, 7) is 4.93. The Morgan fingerprint density at radius 1 is 1.60 bits per heavy atom. The molecule has 0 atom stereocenters. The highest BCUT2D eigenvalue weighted by atomic mass is 32.2. The van der Waals surface area contributed by atoms with E-state index < -0.39 is 10.1 Å². The van der Waals surface area contributed by atoms with E-state index in [1.54, 1.807) is 19.1 Å². The Morgan fingerprint density at radius 2 is 2.20 bits per heavy atom. The van der Waals surface area contributed by atoms with Crippen LogP contribution in [-0.2, 0) is 14.3 Å². The Bertz CT molecular complexity index is 213. The van der Waals surface area contributed by atoms with Crippen molar-refractivity contribution in [3.8, 4) is 0 Å². The van der Waals surface area contributed by atoms with Gasteiger partial charge in [0.25, 0.3) is 10.1 Å². The third kappa shape index (κ3) is 4.29. The molecule has 0 aliphatic rings. The largest absolute Gasteiger partial charge is 0.289 e. The summed E-state index contributed by atoms with van der Waals surface area (Å²) in [5, 5.41) is 0.774. The molecule has 0 saturated heterocycles. The summed E-state index contributed by atoms with van der Waals surface area (Å²) in [7, 11) is -3.48. The van der Waals surface area contributed by atoms with Gasteiger partial charge in [-0.2, -0.15) is 8.42 Å². The standard InChI is InChI=1S/C6H10O3S/c1-3-5-6-9-10(7,8)4-2/h3-5H,2,6H2,1H3. The van der Waals surface area contributed by atoms with Gasteiger partial charge >= 0.3 is 0 Å². The van der Waals surface area contributed by atoms with E-state index in [1.807, 2.05) is 0 Å². The van der Waals surface area contributed by atoms with Gasteiger partial charge in [-0.05, 0) is 6.92 Å². The Labute approximate surface area is 61.1 Å². The quantitative estimate of drug-likeness (QED) is 0.458. The number of rotatable bonds is 4. The molecule has 0 aromatic heterocycles. The van der Waals surface area contributed by atoms with E-state index in [1.165, 1.54) is 0 Å². The molecular formula is C6H10O3S. The molecule has 0 radical (unpaired) electrons. The van der Waals surface area contributed by atoms with Crippen LogP contribution in [0.3, 0.4) is 0 Å². The molecule has 0 aliphatic heterocycles.